The van der Waals surface area contributed by atoms with Crippen molar-refractivity contribution in [1.82, 2.24) is 0 Å². The third-order valence-corrected chi connectivity index (χ3v) is 2.44. The summed E-state index contributed by atoms with van der Waals surface area (Å²) >= 11 is 4.13. The standard InChI is InChI=1S/C9H18O2S/c1-2-3-4-5-8(11)9(12)6-7-10/h7-9,11-12H,2-6H2,1H3. The van der Waals surface area contributed by atoms with E-state index in [0.717, 1.165) is 32.0 Å². The second-order valence-corrected chi connectivity index (χ2v) is 3.70. The van der Waals surface area contributed by atoms with Crippen LogP contribution in [-0.2, 0) is 4.79 Å². The molecule has 0 rings (SSSR count). The van der Waals surface area contributed by atoms with Gasteiger partial charge in [-0.2, -0.15) is 12.6 Å². The average Bonchev–Trinajstić information content (AvgIpc) is 2.05. The molecule has 0 aliphatic heterocycles. The Morgan fingerprint density at radius 2 is 2.17 bits per heavy atom. The van der Waals surface area contributed by atoms with E-state index in [1.807, 2.05) is 0 Å². The smallest absolute Gasteiger partial charge is 0.121 e. The van der Waals surface area contributed by atoms with E-state index >= 15 is 0 Å². The molecule has 2 unspecified atom stereocenters. The molecule has 0 radical (unpaired) electrons. The molecular formula is C9H18O2S. The first-order chi connectivity index (χ1) is 5.72. The summed E-state index contributed by atoms with van der Waals surface area (Å²) in [6.45, 7) is 2.12. The minimum absolute atomic E-state index is 0.181. The first-order valence-electron chi connectivity index (χ1n) is 4.52. The van der Waals surface area contributed by atoms with E-state index in [1.165, 1.54) is 0 Å². The lowest BCUT2D eigenvalue weighted by atomic mass is 10.1. The fourth-order valence-corrected chi connectivity index (χ4v) is 1.29. The van der Waals surface area contributed by atoms with Gasteiger partial charge in [-0.3, -0.25) is 0 Å². The van der Waals surface area contributed by atoms with Crippen LogP contribution in [0.25, 0.3) is 0 Å². The Hall–Kier alpha value is -0.0200. The lowest BCUT2D eigenvalue weighted by Gasteiger charge is -2.14. The topological polar surface area (TPSA) is 37.3 Å². The van der Waals surface area contributed by atoms with Gasteiger partial charge in [-0.05, 0) is 6.42 Å². The fourth-order valence-electron chi connectivity index (χ4n) is 1.05. The van der Waals surface area contributed by atoms with E-state index in [9.17, 15) is 9.90 Å². The maximum absolute atomic E-state index is 10.1. The minimum atomic E-state index is -0.426. The van der Waals surface area contributed by atoms with Crippen LogP contribution in [0.3, 0.4) is 0 Å². The zero-order valence-electron chi connectivity index (χ0n) is 7.57. The summed E-state index contributed by atoms with van der Waals surface area (Å²) in [7, 11) is 0. The molecule has 0 saturated heterocycles. The molecule has 0 aromatic heterocycles. The molecule has 2 atom stereocenters. The second-order valence-electron chi connectivity index (χ2n) is 3.03. The van der Waals surface area contributed by atoms with Gasteiger partial charge in [-0.25, -0.2) is 0 Å². The Kier molecular flexibility index (Phi) is 7.61. The molecule has 0 amide bonds. The van der Waals surface area contributed by atoms with Gasteiger partial charge in [0, 0.05) is 11.7 Å². The number of aliphatic hydroxyl groups excluding tert-OH is 1. The van der Waals surface area contributed by atoms with Crippen molar-refractivity contribution in [3.63, 3.8) is 0 Å². The summed E-state index contributed by atoms with van der Waals surface area (Å²) in [5, 5.41) is 9.26. The molecule has 12 heavy (non-hydrogen) atoms. The summed E-state index contributed by atoms with van der Waals surface area (Å²) in [5.41, 5.74) is 0. The Bertz CT molecular complexity index is 117. The zero-order chi connectivity index (χ0) is 9.40. The summed E-state index contributed by atoms with van der Waals surface area (Å²) in [6, 6.07) is 0. The van der Waals surface area contributed by atoms with Crippen LogP contribution < -0.4 is 0 Å². The molecule has 0 bridgehead atoms. The van der Waals surface area contributed by atoms with Crippen LogP contribution in [0.1, 0.15) is 39.0 Å². The predicted octanol–water partition coefficient (Wildman–Crippen LogP) is 1.81. The number of thiol groups is 1. The van der Waals surface area contributed by atoms with Crippen molar-refractivity contribution >= 4 is 18.9 Å². The number of rotatable bonds is 7. The SMILES string of the molecule is CCCCCC(O)C(S)CC=O. The number of carbonyl (C=O) groups is 1. The first-order valence-corrected chi connectivity index (χ1v) is 5.03. The van der Waals surface area contributed by atoms with Gasteiger partial charge >= 0.3 is 0 Å². The maximum Gasteiger partial charge on any atom is 0.121 e. The van der Waals surface area contributed by atoms with Crippen LogP contribution >= 0.6 is 12.6 Å². The van der Waals surface area contributed by atoms with Gasteiger partial charge in [0.2, 0.25) is 0 Å². The molecule has 0 fully saturated rings. The van der Waals surface area contributed by atoms with E-state index in [-0.39, 0.29) is 5.25 Å². The van der Waals surface area contributed by atoms with E-state index in [2.05, 4.69) is 19.6 Å². The van der Waals surface area contributed by atoms with Crippen molar-refractivity contribution in [2.45, 2.75) is 50.4 Å². The lowest BCUT2D eigenvalue weighted by Crippen LogP contribution is -2.21. The van der Waals surface area contributed by atoms with Crippen molar-refractivity contribution in [3.8, 4) is 0 Å². The van der Waals surface area contributed by atoms with Gasteiger partial charge in [0.15, 0.2) is 0 Å². The average molecular weight is 190 g/mol. The van der Waals surface area contributed by atoms with Gasteiger partial charge in [-0.1, -0.05) is 26.2 Å². The highest BCUT2D eigenvalue weighted by Crippen LogP contribution is 2.12. The van der Waals surface area contributed by atoms with Crippen LogP contribution in [0.2, 0.25) is 0 Å². The van der Waals surface area contributed by atoms with Crippen molar-refractivity contribution in [3.05, 3.63) is 0 Å². The molecule has 0 aliphatic rings. The molecule has 1 N–H and O–H groups in total. The van der Waals surface area contributed by atoms with E-state index in [1.54, 1.807) is 0 Å². The molecule has 0 spiro atoms. The number of aliphatic hydroxyl groups is 1. The molecule has 0 heterocycles. The number of aldehydes is 1. The molecule has 0 aromatic carbocycles. The number of unbranched alkanes of at least 4 members (excludes halogenated alkanes) is 2. The summed E-state index contributed by atoms with van der Waals surface area (Å²) in [6.07, 6.45) is 4.79. The van der Waals surface area contributed by atoms with Crippen molar-refractivity contribution in [2.75, 3.05) is 0 Å². The van der Waals surface area contributed by atoms with Gasteiger partial charge in [0.05, 0.1) is 6.10 Å². The number of hydrogen-bond donors (Lipinski definition) is 2. The fraction of sp³-hybridized carbons (Fsp3) is 0.889. The first kappa shape index (κ1) is 12.0. The zero-order valence-corrected chi connectivity index (χ0v) is 8.46. The van der Waals surface area contributed by atoms with Crippen molar-refractivity contribution in [1.29, 1.82) is 0 Å². The van der Waals surface area contributed by atoms with Gasteiger partial charge < -0.3 is 9.90 Å². The number of carbonyl (C=O) groups excluding carboxylic acids is 1. The highest BCUT2D eigenvalue weighted by atomic mass is 32.1. The van der Waals surface area contributed by atoms with Crippen LogP contribution in [-0.4, -0.2) is 22.7 Å². The molecule has 2 nitrogen and oxygen atoms in total. The quantitative estimate of drug-likeness (QED) is 0.365. The van der Waals surface area contributed by atoms with Crippen LogP contribution in [0.5, 0.6) is 0 Å². The summed E-state index contributed by atoms with van der Waals surface area (Å²) < 4.78 is 0. The molecule has 72 valence electrons. The van der Waals surface area contributed by atoms with Crippen LogP contribution in [0, 0.1) is 0 Å². The largest absolute Gasteiger partial charge is 0.392 e. The van der Waals surface area contributed by atoms with Gasteiger partial charge in [0.25, 0.3) is 0 Å². The van der Waals surface area contributed by atoms with Crippen molar-refractivity contribution < 1.29 is 9.90 Å². The second kappa shape index (κ2) is 7.62. The van der Waals surface area contributed by atoms with E-state index < -0.39 is 6.10 Å². The summed E-state index contributed by atoms with van der Waals surface area (Å²) in [5.74, 6) is 0. The molecule has 0 saturated carbocycles. The highest BCUT2D eigenvalue weighted by Gasteiger charge is 2.13. The molecular weight excluding hydrogens is 172 g/mol. The third-order valence-electron chi connectivity index (χ3n) is 1.89. The van der Waals surface area contributed by atoms with Crippen LogP contribution in [0.4, 0.5) is 0 Å². The van der Waals surface area contributed by atoms with Crippen molar-refractivity contribution in [2.24, 2.45) is 0 Å². The van der Waals surface area contributed by atoms with E-state index in [4.69, 9.17) is 0 Å². The summed E-state index contributed by atoms with van der Waals surface area (Å²) in [4.78, 5) is 10.1. The third kappa shape index (κ3) is 5.61. The molecule has 0 aromatic rings. The Balaban J connectivity index is 3.41. The Labute approximate surface area is 79.8 Å². The van der Waals surface area contributed by atoms with Gasteiger partial charge in [0.1, 0.15) is 6.29 Å². The van der Waals surface area contributed by atoms with Crippen LogP contribution in [0.15, 0.2) is 0 Å². The van der Waals surface area contributed by atoms with E-state index in [0.29, 0.717) is 6.42 Å². The maximum atomic E-state index is 10.1. The van der Waals surface area contributed by atoms with Gasteiger partial charge in [-0.15, -0.1) is 0 Å². The molecule has 3 heteroatoms. The monoisotopic (exact) mass is 190 g/mol. The molecule has 0 aliphatic carbocycles. The number of hydrogen-bond acceptors (Lipinski definition) is 3. The Morgan fingerprint density at radius 3 is 2.67 bits per heavy atom. The highest BCUT2D eigenvalue weighted by molar-refractivity contribution is 7.81. The Morgan fingerprint density at radius 1 is 1.50 bits per heavy atom. The lowest BCUT2D eigenvalue weighted by molar-refractivity contribution is -0.108. The normalized spacial score (nSPS) is 15.6. The minimum Gasteiger partial charge on any atom is -0.392 e. The predicted molar refractivity (Wildman–Crippen MR) is 53.6 cm³/mol.